The smallest absolute Gasteiger partial charge is 0.291 e. The fraction of sp³-hybridized carbons (Fsp3) is 0.375. The number of ether oxygens (including phenoxy) is 1. The van der Waals surface area contributed by atoms with Crippen molar-refractivity contribution in [3.63, 3.8) is 0 Å². The third kappa shape index (κ3) is 4.00. The highest BCUT2D eigenvalue weighted by molar-refractivity contribution is 5.83. The Labute approximate surface area is 185 Å². The first kappa shape index (κ1) is 21.7. The first-order chi connectivity index (χ1) is 15.6. The molecule has 0 fully saturated rings. The molecule has 0 aliphatic heterocycles. The van der Waals surface area contributed by atoms with E-state index in [0.29, 0.717) is 42.9 Å². The van der Waals surface area contributed by atoms with Gasteiger partial charge in [0.25, 0.3) is 5.56 Å². The predicted octanol–water partition coefficient (Wildman–Crippen LogP) is 3.86. The van der Waals surface area contributed by atoms with Crippen LogP contribution < -0.4 is 15.6 Å². The van der Waals surface area contributed by atoms with Crippen molar-refractivity contribution < 1.29 is 13.9 Å². The minimum atomic E-state index is -0.703. The molecule has 0 unspecified atom stereocenters. The number of amides is 1. The molecule has 0 aliphatic carbocycles. The summed E-state index contributed by atoms with van der Waals surface area (Å²) in [7, 11) is 0. The second kappa shape index (κ2) is 9.30. The SMILES string of the molecule is CCCOc1ccc(CNC(=O)[C@@H](CC)n2nc(CC)n3c(cc4occc43)c2=O)cc1. The molecule has 32 heavy (non-hydrogen) atoms. The molecule has 4 aromatic rings. The van der Waals surface area contributed by atoms with E-state index in [-0.39, 0.29) is 11.5 Å². The number of aryl methyl sites for hydroxylation is 1. The van der Waals surface area contributed by atoms with Crippen LogP contribution in [0.3, 0.4) is 0 Å². The Morgan fingerprint density at radius 3 is 2.62 bits per heavy atom. The van der Waals surface area contributed by atoms with E-state index in [9.17, 15) is 9.59 Å². The zero-order valence-electron chi connectivity index (χ0n) is 18.6. The molecule has 8 heteroatoms. The quantitative estimate of drug-likeness (QED) is 0.430. The average Bonchev–Trinajstić information content (AvgIpc) is 3.41. The Morgan fingerprint density at radius 2 is 1.94 bits per heavy atom. The van der Waals surface area contributed by atoms with Crippen LogP contribution in [0.1, 0.15) is 51.0 Å². The van der Waals surface area contributed by atoms with Crippen molar-refractivity contribution >= 4 is 22.5 Å². The maximum atomic E-state index is 13.2. The third-order valence-corrected chi connectivity index (χ3v) is 5.50. The summed E-state index contributed by atoms with van der Waals surface area (Å²) in [6.07, 6.45) is 3.59. The number of nitrogens with one attached hydrogen (secondary N) is 1. The van der Waals surface area contributed by atoms with E-state index in [1.165, 1.54) is 4.68 Å². The van der Waals surface area contributed by atoms with Gasteiger partial charge in [0.05, 0.1) is 18.4 Å². The molecule has 168 valence electrons. The number of carbonyl (C=O) groups excluding carboxylic acids is 1. The average molecular weight is 437 g/mol. The van der Waals surface area contributed by atoms with Gasteiger partial charge in [-0.15, -0.1) is 0 Å². The van der Waals surface area contributed by atoms with Crippen molar-refractivity contribution in [1.82, 2.24) is 19.5 Å². The van der Waals surface area contributed by atoms with Gasteiger partial charge in [0.15, 0.2) is 5.58 Å². The molecule has 1 N–H and O–H groups in total. The number of hydrogen-bond donors (Lipinski definition) is 1. The summed E-state index contributed by atoms with van der Waals surface area (Å²) < 4.78 is 14.2. The zero-order chi connectivity index (χ0) is 22.7. The van der Waals surface area contributed by atoms with Gasteiger partial charge in [0.2, 0.25) is 5.91 Å². The van der Waals surface area contributed by atoms with Gasteiger partial charge < -0.3 is 14.5 Å². The molecule has 1 aromatic carbocycles. The van der Waals surface area contributed by atoms with Crippen molar-refractivity contribution in [1.29, 1.82) is 0 Å². The van der Waals surface area contributed by atoms with E-state index in [1.807, 2.05) is 48.6 Å². The van der Waals surface area contributed by atoms with E-state index in [4.69, 9.17) is 9.15 Å². The Bertz CT molecular complexity index is 1280. The van der Waals surface area contributed by atoms with Crippen molar-refractivity contribution in [2.45, 2.75) is 52.6 Å². The summed E-state index contributed by atoms with van der Waals surface area (Å²) in [4.78, 5) is 26.2. The molecule has 0 saturated heterocycles. The lowest BCUT2D eigenvalue weighted by molar-refractivity contribution is -0.125. The van der Waals surface area contributed by atoms with E-state index in [0.717, 1.165) is 23.3 Å². The van der Waals surface area contributed by atoms with Crippen molar-refractivity contribution in [3.8, 4) is 5.75 Å². The lowest BCUT2D eigenvalue weighted by Gasteiger charge is -2.18. The fourth-order valence-electron chi connectivity index (χ4n) is 3.83. The summed E-state index contributed by atoms with van der Waals surface area (Å²) in [5, 5.41) is 7.50. The summed E-state index contributed by atoms with van der Waals surface area (Å²) in [6.45, 7) is 6.94. The first-order valence-electron chi connectivity index (χ1n) is 11.1. The van der Waals surface area contributed by atoms with Gasteiger partial charge in [-0.05, 0) is 30.5 Å². The molecular formula is C24H28N4O4. The summed E-state index contributed by atoms with van der Waals surface area (Å²) in [6, 6.07) is 10.5. The second-order valence-electron chi connectivity index (χ2n) is 7.69. The van der Waals surface area contributed by atoms with Crippen molar-refractivity contribution in [2.24, 2.45) is 0 Å². The highest BCUT2D eigenvalue weighted by Crippen LogP contribution is 2.21. The second-order valence-corrected chi connectivity index (χ2v) is 7.69. The van der Waals surface area contributed by atoms with Crippen LogP contribution in [0, 0.1) is 0 Å². The number of aromatic nitrogens is 3. The summed E-state index contributed by atoms with van der Waals surface area (Å²) >= 11 is 0. The van der Waals surface area contributed by atoms with Crippen molar-refractivity contribution in [3.05, 3.63) is 64.4 Å². The molecule has 0 spiro atoms. The highest BCUT2D eigenvalue weighted by Gasteiger charge is 2.24. The van der Waals surface area contributed by atoms with E-state index >= 15 is 0 Å². The summed E-state index contributed by atoms with van der Waals surface area (Å²) in [5.41, 5.74) is 2.53. The predicted molar refractivity (Wildman–Crippen MR) is 122 cm³/mol. The molecule has 0 saturated carbocycles. The lowest BCUT2D eigenvalue weighted by Crippen LogP contribution is -2.39. The fourth-order valence-corrected chi connectivity index (χ4v) is 3.83. The van der Waals surface area contributed by atoms with Crippen LogP contribution in [0.5, 0.6) is 5.75 Å². The molecule has 3 aromatic heterocycles. The van der Waals surface area contributed by atoms with Crippen LogP contribution in [0.15, 0.2) is 51.9 Å². The van der Waals surface area contributed by atoms with E-state index in [2.05, 4.69) is 17.3 Å². The number of benzene rings is 1. The van der Waals surface area contributed by atoms with Crippen LogP contribution in [0.4, 0.5) is 0 Å². The Hall–Kier alpha value is -3.55. The van der Waals surface area contributed by atoms with Crippen LogP contribution in [0.25, 0.3) is 16.6 Å². The van der Waals surface area contributed by atoms with Gasteiger partial charge in [0.1, 0.15) is 23.1 Å². The maximum Gasteiger partial charge on any atom is 0.291 e. The molecule has 4 rings (SSSR count). The topological polar surface area (TPSA) is 90.8 Å². The Morgan fingerprint density at radius 1 is 1.16 bits per heavy atom. The highest BCUT2D eigenvalue weighted by atomic mass is 16.5. The Kier molecular flexibility index (Phi) is 6.30. The number of rotatable bonds is 9. The van der Waals surface area contributed by atoms with Gasteiger partial charge in [-0.2, -0.15) is 5.10 Å². The molecule has 1 atom stereocenters. The van der Waals surface area contributed by atoms with Crippen molar-refractivity contribution in [2.75, 3.05) is 6.61 Å². The van der Waals surface area contributed by atoms with Gasteiger partial charge in [-0.1, -0.05) is 32.9 Å². The molecule has 0 bridgehead atoms. The Balaban J connectivity index is 1.57. The summed E-state index contributed by atoms with van der Waals surface area (Å²) in [5.74, 6) is 1.27. The van der Waals surface area contributed by atoms with Gasteiger partial charge >= 0.3 is 0 Å². The normalized spacial score (nSPS) is 12.3. The number of furan rings is 1. The first-order valence-corrected chi connectivity index (χ1v) is 11.1. The van der Waals surface area contributed by atoms with Gasteiger partial charge in [-0.25, -0.2) is 4.68 Å². The maximum absolute atomic E-state index is 13.2. The molecule has 0 aliphatic rings. The minimum absolute atomic E-state index is 0.241. The van der Waals surface area contributed by atoms with Gasteiger partial charge in [-0.3, -0.25) is 14.0 Å². The number of fused-ring (bicyclic) bond motifs is 3. The molecule has 8 nitrogen and oxygen atoms in total. The number of hydrogen-bond acceptors (Lipinski definition) is 5. The van der Waals surface area contributed by atoms with Crippen LogP contribution in [-0.2, 0) is 17.8 Å². The van der Waals surface area contributed by atoms with E-state index in [1.54, 1.807) is 12.3 Å². The standard InChI is InChI=1S/C24H28N4O4/c1-4-12-31-17-9-7-16(8-10-17)15-25-23(29)18(5-2)28-24(30)20-14-21-19(11-13-32-21)27(20)22(6-3)26-28/h7-11,13-14,18H,4-6,12,15H2,1-3H3,(H,25,29)/t18-/m1/s1. The molecule has 0 radical (unpaired) electrons. The number of nitrogens with zero attached hydrogens (tertiary/aromatic N) is 3. The zero-order valence-corrected chi connectivity index (χ0v) is 18.6. The lowest BCUT2D eigenvalue weighted by atomic mass is 10.2. The van der Waals surface area contributed by atoms with Crippen LogP contribution in [-0.4, -0.2) is 26.7 Å². The molecular weight excluding hydrogens is 408 g/mol. The molecule has 1 amide bonds. The van der Waals surface area contributed by atoms with E-state index < -0.39 is 6.04 Å². The minimum Gasteiger partial charge on any atom is -0.494 e. The largest absolute Gasteiger partial charge is 0.494 e. The molecule has 3 heterocycles. The van der Waals surface area contributed by atoms with Gasteiger partial charge in [0, 0.05) is 25.1 Å². The van der Waals surface area contributed by atoms with Crippen LogP contribution in [0.2, 0.25) is 0 Å². The van der Waals surface area contributed by atoms with Crippen LogP contribution >= 0.6 is 0 Å². The monoisotopic (exact) mass is 436 g/mol. The third-order valence-electron chi connectivity index (χ3n) is 5.50. The number of carbonyl (C=O) groups is 1.